The van der Waals surface area contributed by atoms with E-state index in [4.69, 9.17) is 4.42 Å². The molecule has 138 valence electrons. The number of carbonyl (C=O) groups is 2. The van der Waals surface area contributed by atoms with Crippen molar-refractivity contribution in [1.29, 1.82) is 0 Å². The lowest BCUT2D eigenvalue weighted by molar-refractivity contribution is -0.115. The molecule has 0 saturated heterocycles. The predicted octanol–water partition coefficient (Wildman–Crippen LogP) is 3.63. The maximum atomic E-state index is 14.1. The highest BCUT2D eigenvalue weighted by molar-refractivity contribution is 7.14. The number of hydrazone groups is 1. The zero-order valence-electron chi connectivity index (χ0n) is 14.5. The van der Waals surface area contributed by atoms with Gasteiger partial charge in [0.2, 0.25) is 5.91 Å². The number of para-hydroxylation sites is 1. The van der Waals surface area contributed by atoms with E-state index in [0.717, 1.165) is 11.3 Å². The van der Waals surface area contributed by atoms with Gasteiger partial charge in [-0.25, -0.2) is 14.8 Å². The molecular formula is C18H15FN4O3S. The van der Waals surface area contributed by atoms with E-state index in [-0.39, 0.29) is 11.6 Å². The van der Waals surface area contributed by atoms with Gasteiger partial charge in [0.05, 0.1) is 29.4 Å². The highest BCUT2D eigenvalue weighted by atomic mass is 32.1. The number of aromatic nitrogens is 1. The van der Waals surface area contributed by atoms with E-state index >= 15 is 0 Å². The molecule has 0 bridgehead atoms. The van der Waals surface area contributed by atoms with Gasteiger partial charge in [0.15, 0.2) is 5.13 Å². The Balaban J connectivity index is 1.75. The Morgan fingerprint density at radius 2 is 2.11 bits per heavy atom. The number of hydrogen-bond donors (Lipinski definition) is 1. The Bertz CT molecular complexity index is 1010. The van der Waals surface area contributed by atoms with Crippen LogP contribution in [0.15, 0.2) is 51.5 Å². The number of halogens is 1. The number of thiazole rings is 1. The van der Waals surface area contributed by atoms with Crippen LogP contribution in [0.4, 0.5) is 15.2 Å². The molecule has 3 aromatic rings. The second-order valence-electron chi connectivity index (χ2n) is 5.45. The summed E-state index contributed by atoms with van der Waals surface area (Å²) in [6.07, 6.45) is 2.76. The van der Waals surface area contributed by atoms with Gasteiger partial charge in [-0.1, -0.05) is 12.1 Å². The first-order chi connectivity index (χ1) is 13.0. The van der Waals surface area contributed by atoms with Crippen molar-refractivity contribution in [2.24, 2.45) is 5.10 Å². The Labute approximate surface area is 158 Å². The standard InChI is InChI=1S/C18H15FN4O3S/c1-11-14(7-8-26-11)17(25)22-20-9-13-10-27-18(21-13)23(12(2)24)16-6-4-3-5-15(16)19/h3-10H,1-2H3,(H,22,25)/b20-9-. The Morgan fingerprint density at radius 3 is 2.78 bits per heavy atom. The second-order valence-corrected chi connectivity index (χ2v) is 6.29. The van der Waals surface area contributed by atoms with Crippen LogP contribution in [0.25, 0.3) is 0 Å². The molecule has 2 amide bonds. The van der Waals surface area contributed by atoms with Crippen molar-refractivity contribution in [2.45, 2.75) is 13.8 Å². The number of benzene rings is 1. The third kappa shape index (κ3) is 4.09. The molecule has 0 fully saturated rings. The van der Waals surface area contributed by atoms with Crippen molar-refractivity contribution >= 4 is 40.2 Å². The van der Waals surface area contributed by atoms with Crippen LogP contribution in [0.5, 0.6) is 0 Å². The van der Waals surface area contributed by atoms with Gasteiger partial charge in [-0.3, -0.25) is 14.5 Å². The summed E-state index contributed by atoms with van der Waals surface area (Å²) in [5.74, 6) is -0.826. The smallest absolute Gasteiger partial charge is 0.274 e. The molecule has 9 heteroatoms. The van der Waals surface area contributed by atoms with Gasteiger partial charge in [-0.05, 0) is 25.1 Å². The largest absolute Gasteiger partial charge is 0.469 e. The van der Waals surface area contributed by atoms with E-state index in [1.54, 1.807) is 30.5 Å². The van der Waals surface area contributed by atoms with Crippen LogP contribution >= 0.6 is 11.3 Å². The van der Waals surface area contributed by atoms with Gasteiger partial charge in [-0.15, -0.1) is 11.3 Å². The zero-order chi connectivity index (χ0) is 19.4. The lowest BCUT2D eigenvalue weighted by atomic mass is 10.2. The van der Waals surface area contributed by atoms with E-state index in [1.165, 1.54) is 36.4 Å². The SMILES string of the molecule is CC(=O)N(c1nc(/C=N\NC(=O)c2ccoc2C)cs1)c1ccccc1F. The minimum atomic E-state index is -0.527. The van der Waals surface area contributed by atoms with Gasteiger partial charge >= 0.3 is 0 Å². The first-order valence-electron chi connectivity index (χ1n) is 7.85. The molecule has 3 rings (SSSR count). The van der Waals surface area contributed by atoms with E-state index in [9.17, 15) is 14.0 Å². The van der Waals surface area contributed by atoms with Crippen LogP contribution in [-0.2, 0) is 4.79 Å². The number of hydrogen-bond acceptors (Lipinski definition) is 6. The Kier molecular flexibility index (Phi) is 5.41. The number of carbonyl (C=O) groups excluding carboxylic acids is 2. The number of aryl methyl sites for hydroxylation is 1. The topological polar surface area (TPSA) is 87.8 Å². The quantitative estimate of drug-likeness (QED) is 0.536. The molecule has 27 heavy (non-hydrogen) atoms. The maximum absolute atomic E-state index is 14.1. The summed E-state index contributed by atoms with van der Waals surface area (Å²) >= 11 is 1.16. The first kappa shape index (κ1) is 18.5. The lowest BCUT2D eigenvalue weighted by Crippen LogP contribution is -2.23. The molecule has 0 aliphatic rings. The first-order valence-corrected chi connectivity index (χ1v) is 8.73. The van der Waals surface area contributed by atoms with Crippen LogP contribution < -0.4 is 10.3 Å². The van der Waals surface area contributed by atoms with Gasteiger partial charge in [0.1, 0.15) is 11.6 Å². The number of amides is 2. The Hall–Kier alpha value is -3.33. The summed E-state index contributed by atoms with van der Waals surface area (Å²) in [5, 5.41) is 5.79. The van der Waals surface area contributed by atoms with Gasteiger partial charge < -0.3 is 4.42 Å². The number of anilines is 2. The molecule has 1 N–H and O–H groups in total. The summed E-state index contributed by atoms with van der Waals surface area (Å²) < 4.78 is 19.1. The van der Waals surface area contributed by atoms with Crippen molar-refractivity contribution < 1.29 is 18.4 Å². The molecule has 2 heterocycles. The van der Waals surface area contributed by atoms with Crippen molar-refractivity contribution in [3.63, 3.8) is 0 Å². The number of nitrogens with one attached hydrogen (secondary N) is 1. The van der Waals surface area contributed by atoms with E-state index in [0.29, 0.717) is 22.1 Å². The highest BCUT2D eigenvalue weighted by Crippen LogP contribution is 2.30. The summed E-state index contributed by atoms with van der Waals surface area (Å²) in [4.78, 5) is 29.4. The number of rotatable bonds is 5. The van der Waals surface area contributed by atoms with Crippen LogP contribution in [0.1, 0.15) is 28.7 Å². The molecule has 2 aromatic heterocycles. The maximum Gasteiger partial charge on any atom is 0.274 e. The second kappa shape index (κ2) is 7.92. The lowest BCUT2D eigenvalue weighted by Gasteiger charge is -2.18. The fourth-order valence-electron chi connectivity index (χ4n) is 2.32. The fraction of sp³-hybridized carbons (Fsp3) is 0.111. The minimum Gasteiger partial charge on any atom is -0.469 e. The molecule has 0 unspecified atom stereocenters. The average molecular weight is 386 g/mol. The van der Waals surface area contributed by atoms with Crippen LogP contribution in [-0.4, -0.2) is 23.0 Å². The Morgan fingerprint density at radius 1 is 1.33 bits per heavy atom. The number of nitrogens with zero attached hydrogens (tertiary/aromatic N) is 3. The van der Waals surface area contributed by atoms with Crippen molar-refractivity contribution in [3.8, 4) is 0 Å². The van der Waals surface area contributed by atoms with Gasteiger partial charge in [0, 0.05) is 12.3 Å². The number of furan rings is 1. The third-order valence-corrected chi connectivity index (χ3v) is 4.42. The minimum absolute atomic E-state index is 0.117. The van der Waals surface area contributed by atoms with Crippen molar-refractivity contribution in [2.75, 3.05) is 4.90 Å². The normalized spacial score (nSPS) is 10.9. The zero-order valence-corrected chi connectivity index (χ0v) is 15.3. The van der Waals surface area contributed by atoms with Crippen LogP contribution in [0.2, 0.25) is 0 Å². The van der Waals surface area contributed by atoms with Crippen LogP contribution in [0, 0.1) is 12.7 Å². The molecule has 0 atom stereocenters. The van der Waals surface area contributed by atoms with E-state index in [2.05, 4.69) is 15.5 Å². The molecule has 0 aliphatic heterocycles. The van der Waals surface area contributed by atoms with Crippen molar-refractivity contribution in [3.05, 3.63) is 64.8 Å². The fourth-order valence-corrected chi connectivity index (χ4v) is 3.15. The van der Waals surface area contributed by atoms with E-state index in [1.807, 2.05) is 0 Å². The van der Waals surface area contributed by atoms with Crippen molar-refractivity contribution in [1.82, 2.24) is 10.4 Å². The highest BCUT2D eigenvalue weighted by Gasteiger charge is 2.20. The molecule has 7 nitrogen and oxygen atoms in total. The summed E-state index contributed by atoms with van der Waals surface area (Å²) in [6, 6.07) is 7.49. The molecule has 0 spiro atoms. The summed E-state index contributed by atoms with van der Waals surface area (Å²) in [5.41, 5.74) is 3.29. The van der Waals surface area contributed by atoms with Gasteiger partial charge in [-0.2, -0.15) is 5.10 Å². The summed E-state index contributed by atoms with van der Waals surface area (Å²) in [7, 11) is 0. The monoisotopic (exact) mass is 386 g/mol. The summed E-state index contributed by atoms with van der Waals surface area (Å²) in [6.45, 7) is 3.00. The van der Waals surface area contributed by atoms with E-state index < -0.39 is 11.7 Å². The van der Waals surface area contributed by atoms with Crippen LogP contribution in [0.3, 0.4) is 0 Å². The molecule has 0 saturated carbocycles. The van der Waals surface area contributed by atoms with Gasteiger partial charge in [0.25, 0.3) is 5.91 Å². The molecule has 1 aromatic carbocycles. The average Bonchev–Trinajstić information content (AvgIpc) is 3.26. The molecule has 0 radical (unpaired) electrons. The molecule has 0 aliphatic carbocycles. The molecular weight excluding hydrogens is 371 g/mol. The predicted molar refractivity (Wildman–Crippen MR) is 99.8 cm³/mol. The third-order valence-electron chi connectivity index (χ3n) is 3.58.